The monoisotopic (exact) mass is 260 g/mol. The van der Waals surface area contributed by atoms with E-state index >= 15 is 0 Å². The SMILES string of the molecule is CC1CCC(NC(=O)Cc2cccc(N)c2)C(C)C1. The Morgan fingerprint density at radius 3 is 2.84 bits per heavy atom. The average molecular weight is 260 g/mol. The minimum atomic E-state index is 0.108. The van der Waals surface area contributed by atoms with Crippen molar-refractivity contribution in [2.45, 2.75) is 45.6 Å². The Morgan fingerprint density at radius 1 is 1.37 bits per heavy atom. The molecule has 1 aromatic rings. The molecule has 0 saturated heterocycles. The van der Waals surface area contributed by atoms with Gasteiger partial charge in [0.2, 0.25) is 5.91 Å². The molecule has 1 saturated carbocycles. The average Bonchev–Trinajstić information content (AvgIpc) is 2.33. The van der Waals surface area contributed by atoms with E-state index in [0.29, 0.717) is 24.1 Å². The molecule has 3 N–H and O–H groups in total. The van der Waals surface area contributed by atoms with Crippen molar-refractivity contribution in [2.24, 2.45) is 11.8 Å². The van der Waals surface area contributed by atoms with Crippen LogP contribution in [-0.2, 0) is 11.2 Å². The minimum absolute atomic E-state index is 0.108. The highest BCUT2D eigenvalue weighted by Gasteiger charge is 2.26. The molecule has 19 heavy (non-hydrogen) atoms. The molecule has 3 atom stereocenters. The van der Waals surface area contributed by atoms with Gasteiger partial charge in [-0.2, -0.15) is 0 Å². The third-order valence-corrected chi connectivity index (χ3v) is 4.09. The topological polar surface area (TPSA) is 55.1 Å². The van der Waals surface area contributed by atoms with Gasteiger partial charge in [0, 0.05) is 11.7 Å². The molecule has 1 fully saturated rings. The van der Waals surface area contributed by atoms with Crippen LogP contribution in [0.15, 0.2) is 24.3 Å². The maximum absolute atomic E-state index is 12.1. The second-order valence-electron chi connectivity index (χ2n) is 5.99. The van der Waals surface area contributed by atoms with Crippen molar-refractivity contribution >= 4 is 11.6 Å². The summed E-state index contributed by atoms with van der Waals surface area (Å²) in [6, 6.07) is 7.88. The van der Waals surface area contributed by atoms with Crippen LogP contribution in [0.25, 0.3) is 0 Å². The third kappa shape index (κ3) is 3.98. The molecule has 0 heterocycles. The van der Waals surface area contributed by atoms with Crippen LogP contribution in [0, 0.1) is 11.8 Å². The molecular formula is C16H24N2O. The van der Waals surface area contributed by atoms with E-state index in [0.717, 1.165) is 17.9 Å². The van der Waals surface area contributed by atoms with Gasteiger partial charge in [-0.3, -0.25) is 4.79 Å². The van der Waals surface area contributed by atoms with Crippen molar-refractivity contribution in [2.75, 3.05) is 5.73 Å². The molecule has 0 radical (unpaired) electrons. The zero-order valence-electron chi connectivity index (χ0n) is 11.9. The number of nitrogens with one attached hydrogen (secondary N) is 1. The van der Waals surface area contributed by atoms with E-state index in [2.05, 4.69) is 19.2 Å². The molecule has 1 aliphatic carbocycles. The van der Waals surface area contributed by atoms with Crippen LogP contribution >= 0.6 is 0 Å². The lowest BCUT2D eigenvalue weighted by Gasteiger charge is -2.33. The van der Waals surface area contributed by atoms with Gasteiger partial charge in [0.05, 0.1) is 6.42 Å². The Morgan fingerprint density at radius 2 is 2.16 bits per heavy atom. The van der Waals surface area contributed by atoms with Crippen molar-refractivity contribution < 1.29 is 4.79 Å². The number of rotatable bonds is 3. The smallest absolute Gasteiger partial charge is 0.224 e. The Kier molecular flexibility index (Phi) is 4.46. The Labute approximate surface area is 115 Å². The van der Waals surface area contributed by atoms with Gasteiger partial charge in [-0.1, -0.05) is 26.0 Å². The largest absolute Gasteiger partial charge is 0.399 e. The summed E-state index contributed by atoms with van der Waals surface area (Å²) in [6.07, 6.45) is 3.95. The van der Waals surface area contributed by atoms with E-state index in [4.69, 9.17) is 5.73 Å². The Bertz CT molecular complexity index is 444. The van der Waals surface area contributed by atoms with E-state index in [1.165, 1.54) is 12.8 Å². The molecule has 0 aromatic heterocycles. The van der Waals surface area contributed by atoms with Crippen molar-refractivity contribution in [1.29, 1.82) is 0 Å². The first-order valence-electron chi connectivity index (χ1n) is 7.18. The third-order valence-electron chi connectivity index (χ3n) is 4.09. The molecular weight excluding hydrogens is 236 g/mol. The molecule has 2 rings (SSSR count). The number of nitrogen functional groups attached to an aromatic ring is 1. The van der Waals surface area contributed by atoms with Crippen LogP contribution in [0.2, 0.25) is 0 Å². The molecule has 0 aliphatic heterocycles. The number of nitrogens with two attached hydrogens (primary N) is 1. The van der Waals surface area contributed by atoms with Gasteiger partial charge >= 0.3 is 0 Å². The normalized spacial score (nSPS) is 26.9. The van der Waals surface area contributed by atoms with Crippen LogP contribution in [0.1, 0.15) is 38.7 Å². The highest BCUT2D eigenvalue weighted by molar-refractivity contribution is 5.79. The van der Waals surface area contributed by atoms with E-state index in [9.17, 15) is 4.79 Å². The molecule has 0 spiro atoms. The number of carbonyl (C=O) groups is 1. The predicted molar refractivity (Wildman–Crippen MR) is 78.7 cm³/mol. The molecule has 104 valence electrons. The fraction of sp³-hybridized carbons (Fsp3) is 0.562. The van der Waals surface area contributed by atoms with Gasteiger partial charge in [-0.05, 0) is 48.8 Å². The fourth-order valence-corrected chi connectivity index (χ4v) is 3.03. The highest BCUT2D eigenvalue weighted by atomic mass is 16.1. The molecule has 1 aliphatic rings. The van der Waals surface area contributed by atoms with Crippen LogP contribution in [0.4, 0.5) is 5.69 Å². The highest BCUT2D eigenvalue weighted by Crippen LogP contribution is 2.28. The summed E-state index contributed by atoms with van der Waals surface area (Å²) >= 11 is 0. The lowest BCUT2D eigenvalue weighted by Crippen LogP contribution is -2.43. The van der Waals surface area contributed by atoms with Gasteiger partial charge in [0.25, 0.3) is 0 Å². The van der Waals surface area contributed by atoms with Gasteiger partial charge in [-0.15, -0.1) is 0 Å². The first kappa shape index (κ1) is 13.9. The maximum Gasteiger partial charge on any atom is 0.224 e. The Hall–Kier alpha value is -1.51. The second kappa shape index (κ2) is 6.09. The zero-order valence-corrected chi connectivity index (χ0v) is 11.9. The molecule has 3 nitrogen and oxygen atoms in total. The van der Waals surface area contributed by atoms with Crippen LogP contribution < -0.4 is 11.1 Å². The van der Waals surface area contributed by atoms with Gasteiger partial charge in [0.1, 0.15) is 0 Å². The van der Waals surface area contributed by atoms with E-state index < -0.39 is 0 Å². The number of hydrogen-bond donors (Lipinski definition) is 2. The summed E-state index contributed by atoms with van der Waals surface area (Å²) in [5.74, 6) is 1.47. The Balaban J connectivity index is 1.87. The number of amides is 1. The first-order chi connectivity index (χ1) is 9.04. The molecule has 1 amide bonds. The molecule has 3 unspecified atom stereocenters. The van der Waals surface area contributed by atoms with E-state index in [1.807, 2.05) is 24.3 Å². The zero-order chi connectivity index (χ0) is 13.8. The van der Waals surface area contributed by atoms with Crippen LogP contribution in [-0.4, -0.2) is 11.9 Å². The number of anilines is 1. The standard InChI is InChI=1S/C16H24N2O/c1-11-6-7-15(12(2)8-11)18-16(19)10-13-4-3-5-14(17)9-13/h3-5,9,11-12,15H,6-8,10,17H2,1-2H3,(H,18,19). The maximum atomic E-state index is 12.1. The van der Waals surface area contributed by atoms with Crippen molar-refractivity contribution in [3.63, 3.8) is 0 Å². The summed E-state index contributed by atoms with van der Waals surface area (Å²) in [5, 5.41) is 3.18. The summed E-state index contributed by atoms with van der Waals surface area (Å²) < 4.78 is 0. The lowest BCUT2D eigenvalue weighted by atomic mass is 9.80. The molecule has 3 heteroatoms. The molecule has 1 aromatic carbocycles. The summed E-state index contributed by atoms with van der Waals surface area (Å²) in [4.78, 5) is 12.1. The molecule has 0 bridgehead atoms. The number of benzene rings is 1. The van der Waals surface area contributed by atoms with Gasteiger partial charge < -0.3 is 11.1 Å². The lowest BCUT2D eigenvalue weighted by molar-refractivity contribution is -0.121. The van der Waals surface area contributed by atoms with Crippen LogP contribution in [0.3, 0.4) is 0 Å². The minimum Gasteiger partial charge on any atom is -0.399 e. The van der Waals surface area contributed by atoms with Gasteiger partial charge in [-0.25, -0.2) is 0 Å². The summed E-state index contributed by atoms with van der Waals surface area (Å²) in [6.45, 7) is 4.53. The quantitative estimate of drug-likeness (QED) is 0.821. The number of hydrogen-bond acceptors (Lipinski definition) is 2. The van der Waals surface area contributed by atoms with Crippen molar-refractivity contribution in [1.82, 2.24) is 5.32 Å². The van der Waals surface area contributed by atoms with Crippen molar-refractivity contribution in [3.05, 3.63) is 29.8 Å². The second-order valence-corrected chi connectivity index (χ2v) is 5.99. The van der Waals surface area contributed by atoms with Crippen LogP contribution in [0.5, 0.6) is 0 Å². The van der Waals surface area contributed by atoms with Gasteiger partial charge in [0.15, 0.2) is 0 Å². The predicted octanol–water partition coefficient (Wildman–Crippen LogP) is 2.75. The van der Waals surface area contributed by atoms with E-state index in [-0.39, 0.29) is 5.91 Å². The van der Waals surface area contributed by atoms with Crippen molar-refractivity contribution in [3.8, 4) is 0 Å². The number of carbonyl (C=O) groups excluding carboxylic acids is 1. The summed E-state index contributed by atoms with van der Waals surface area (Å²) in [5.41, 5.74) is 7.42. The van der Waals surface area contributed by atoms with E-state index in [1.54, 1.807) is 0 Å². The fourth-order valence-electron chi connectivity index (χ4n) is 3.03. The first-order valence-corrected chi connectivity index (χ1v) is 7.18. The summed E-state index contributed by atoms with van der Waals surface area (Å²) in [7, 11) is 0.